The number of carboxylic acid groups (broad SMARTS) is 1. The van der Waals surface area contributed by atoms with Crippen molar-refractivity contribution in [2.45, 2.75) is 52.6 Å². The number of cyclic esters (lactones) is 1. The fraction of sp³-hybridized carbons (Fsp3) is 0.450. The molecule has 2 atom stereocenters. The summed E-state index contributed by atoms with van der Waals surface area (Å²) in [5.74, 6) is -2.94. The van der Waals surface area contributed by atoms with E-state index in [-0.39, 0.29) is 0 Å². The molecule has 6 heteroatoms. The predicted octanol–water partition coefficient (Wildman–Crippen LogP) is 3.65. The normalized spacial score (nSPS) is 21.5. The van der Waals surface area contributed by atoms with Gasteiger partial charge >= 0.3 is 11.9 Å². The summed E-state index contributed by atoms with van der Waals surface area (Å²) in [6, 6.07) is 0. The van der Waals surface area contributed by atoms with Gasteiger partial charge in [0.15, 0.2) is 6.10 Å². The average molecular weight is 362 g/mol. The molecular formula is C20H26O6. The minimum atomic E-state index is -1.37. The third kappa shape index (κ3) is 6.35. The van der Waals surface area contributed by atoms with E-state index in [2.05, 4.69) is 19.9 Å². The smallest absolute Gasteiger partial charge is 0.346 e. The first-order valence-electron chi connectivity index (χ1n) is 8.68. The number of unbranched alkanes of at least 4 members (excludes halogenated alkanes) is 1. The molecule has 1 saturated heterocycles. The molecule has 0 aromatic carbocycles. The Morgan fingerprint density at radius 1 is 1.23 bits per heavy atom. The van der Waals surface area contributed by atoms with Crippen LogP contribution < -0.4 is 0 Å². The Balaban J connectivity index is 2.67. The summed E-state index contributed by atoms with van der Waals surface area (Å²) in [5.41, 5.74) is -0.0955. The molecule has 0 aromatic heterocycles. The molecule has 1 aliphatic rings. The second-order valence-electron chi connectivity index (χ2n) is 6.24. The van der Waals surface area contributed by atoms with Crippen LogP contribution in [0, 0.1) is 5.92 Å². The van der Waals surface area contributed by atoms with E-state index >= 15 is 0 Å². The molecule has 0 saturated carbocycles. The molecule has 1 fully saturated rings. The minimum absolute atomic E-state index is 0.379. The van der Waals surface area contributed by atoms with Gasteiger partial charge in [0.25, 0.3) is 0 Å². The van der Waals surface area contributed by atoms with Crippen molar-refractivity contribution in [2.75, 3.05) is 0 Å². The number of Topliss-reactive ketones (excluding diaryl/α,β-unsaturated/α-hetero) is 1. The van der Waals surface area contributed by atoms with Crippen molar-refractivity contribution >= 4 is 17.7 Å². The number of ether oxygens (including phenoxy) is 1. The number of rotatable bonds is 9. The molecule has 1 heterocycles. The van der Waals surface area contributed by atoms with Crippen molar-refractivity contribution in [3.05, 3.63) is 47.3 Å². The topological polar surface area (TPSA) is 101 Å². The van der Waals surface area contributed by atoms with E-state index < -0.39 is 41.6 Å². The van der Waals surface area contributed by atoms with Gasteiger partial charge in [-0.25, -0.2) is 4.79 Å². The van der Waals surface area contributed by atoms with Crippen LogP contribution in [0.1, 0.15) is 46.5 Å². The molecule has 142 valence electrons. The average Bonchev–Trinajstić information content (AvgIpc) is 2.85. The summed E-state index contributed by atoms with van der Waals surface area (Å²) in [4.78, 5) is 34.5. The monoisotopic (exact) mass is 362 g/mol. The van der Waals surface area contributed by atoms with Gasteiger partial charge in [0.2, 0.25) is 5.78 Å². The first kappa shape index (κ1) is 21.4. The van der Waals surface area contributed by atoms with Crippen LogP contribution in [0.3, 0.4) is 0 Å². The second-order valence-corrected chi connectivity index (χ2v) is 6.24. The number of hydrogen-bond acceptors (Lipinski definition) is 5. The Morgan fingerprint density at radius 2 is 1.92 bits per heavy atom. The third-order valence-corrected chi connectivity index (χ3v) is 4.08. The molecule has 0 radical (unpaired) electrons. The molecule has 0 bridgehead atoms. The van der Waals surface area contributed by atoms with Crippen LogP contribution in [0.25, 0.3) is 0 Å². The maximum atomic E-state index is 12.1. The van der Waals surface area contributed by atoms with E-state index in [0.29, 0.717) is 17.9 Å². The zero-order valence-electron chi connectivity index (χ0n) is 15.4. The highest BCUT2D eigenvalue weighted by molar-refractivity contribution is 6.24. The van der Waals surface area contributed by atoms with Gasteiger partial charge in [0.1, 0.15) is 11.3 Å². The van der Waals surface area contributed by atoms with Crippen LogP contribution in [0.4, 0.5) is 0 Å². The van der Waals surface area contributed by atoms with Crippen LogP contribution in [-0.4, -0.2) is 34.0 Å². The highest BCUT2D eigenvalue weighted by Crippen LogP contribution is 2.24. The minimum Gasteiger partial charge on any atom is -0.507 e. The zero-order chi connectivity index (χ0) is 19.7. The zero-order valence-corrected chi connectivity index (χ0v) is 15.4. The predicted molar refractivity (Wildman–Crippen MR) is 97.5 cm³/mol. The van der Waals surface area contributed by atoms with Crippen molar-refractivity contribution in [1.82, 2.24) is 0 Å². The van der Waals surface area contributed by atoms with Gasteiger partial charge in [-0.15, -0.1) is 0 Å². The first-order chi connectivity index (χ1) is 12.3. The van der Waals surface area contributed by atoms with Gasteiger partial charge in [-0.1, -0.05) is 50.6 Å². The van der Waals surface area contributed by atoms with E-state index in [4.69, 9.17) is 9.84 Å². The van der Waals surface area contributed by atoms with Crippen LogP contribution in [0.5, 0.6) is 0 Å². The molecular weight excluding hydrogens is 336 g/mol. The summed E-state index contributed by atoms with van der Waals surface area (Å²) in [6.07, 6.45) is 10.3. The number of aliphatic hydroxyl groups is 1. The number of esters is 1. The van der Waals surface area contributed by atoms with E-state index in [1.54, 1.807) is 13.0 Å². The lowest BCUT2D eigenvalue weighted by atomic mass is 10.0. The summed E-state index contributed by atoms with van der Waals surface area (Å²) in [5, 5.41) is 18.9. The fourth-order valence-electron chi connectivity index (χ4n) is 2.26. The van der Waals surface area contributed by atoms with Crippen molar-refractivity contribution in [3.8, 4) is 0 Å². The first-order valence-corrected chi connectivity index (χ1v) is 8.68. The van der Waals surface area contributed by atoms with Crippen LogP contribution >= 0.6 is 0 Å². The number of ketones is 1. The van der Waals surface area contributed by atoms with E-state index in [1.807, 2.05) is 18.2 Å². The molecule has 0 amide bonds. The Hall–Kier alpha value is -2.63. The SMILES string of the molecule is CCC(C)/C=C/C=C/CC/C=C(C)/C(O)=C1/C(=O)OC(CC(=O)O)C1=O. The van der Waals surface area contributed by atoms with Crippen LogP contribution in [0.15, 0.2) is 47.3 Å². The molecule has 6 nitrogen and oxygen atoms in total. The Kier molecular flexibility index (Phi) is 8.55. The van der Waals surface area contributed by atoms with Crippen LogP contribution in [0.2, 0.25) is 0 Å². The van der Waals surface area contributed by atoms with Gasteiger partial charge in [-0.2, -0.15) is 0 Å². The molecule has 0 aromatic rings. The van der Waals surface area contributed by atoms with Gasteiger partial charge in [-0.3, -0.25) is 9.59 Å². The maximum absolute atomic E-state index is 12.1. The highest BCUT2D eigenvalue weighted by atomic mass is 16.6. The quantitative estimate of drug-likeness (QED) is 0.162. The maximum Gasteiger partial charge on any atom is 0.346 e. The van der Waals surface area contributed by atoms with Crippen LogP contribution in [-0.2, 0) is 19.1 Å². The second kappa shape index (κ2) is 10.4. The molecule has 1 rings (SSSR count). The Morgan fingerprint density at radius 3 is 2.54 bits per heavy atom. The number of carboxylic acids is 1. The van der Waals surface area contributed by atoms with E-state index in [1.165, 1.54) is 0 Å². The highest BCUT2D eigenvalue weighted by Gasteiger charge is 2.42. The fourth-order valence-corrected chi connectivity index (χ4v) is 2.26. The third-order valence-electron chi connectivity index (χ3n) is 4.08. The van der Waals surface area contributed by atoms with Crippen molar-refractivity contribution in [2.24, 2.45) is 5.92 Å². The Bertz CT molecular complexity index is 666. The molecule has 0 spiro atoms. The number of allylic oxidation sites excluding steroid dienone is 6. The van der Waals surface area contributed by atoms with Gasteiger partial charge in [0.05, 0.1) is 6.42 Å². The number of carbonyl (C=O) groups excluding carboxylic acids is 2. The summed E-state index contributed by atoms with van der Waals surface area (Å²) in [6.45, 7) is 5.85. The summed E-state index contributed by atoms with van der Waals surface area (Å²) in [7, 11) is 0. The lowest BCUT2D eigenvalue weighted by Crippen LogP contribution is -2.20. The lowest BCUT2D eigenvalue weighted by molar-refractivity contribution is -0.147. The number of aliphatic carboxylic acids is 1. The molecule has 1 aliphatic heterocycles. The number of hydrogen-bond donors (Lipinski definition) is 2. The Labute approximate surface area is 153 Å². The van der Waals surface area contributed by atoms with Gasteiger partial charge in [-0.05, 0) is 31.3 Å². The van der Waals surface area contributed by atoms with E-state index in [9.17, 15) is 19.5 Å². The summed E-state index contributed by atoms with van der Waals surface area (Å²) < 4.78 is 4.73. The molecule has 2 unspecified atom stereocenters. The number of aliphatic hydroxyl groups excluding tert-OH is 1. The van der Waals surface area contributed by atoms with Gasteiger partial charge < -0.3 is 14.9 Å². The molecule has 0 aliphatic carbocycles. The molecule has 2 N–H and O–H groups in total. The number of carbonyl (C=O) groups is 3. The van der Waals surface area contributed by atoms with Crippen molar-refractivity contribution in [3.63, 3.8) is 0 Å². The van der Waals surface area contributed by atoms with Gasteiger partial charge in [0, 0.05) is 0 Å². The van der Waals surface area contributed by atoms with Crippen molar-refractivity contribution < 1.29 is 29.3 Å². The largest absolute Gasteiger partial charge is 0.507 e. The van der Waals surface area contributed by atoms with E-state index in [0.717, 1.165) is 12.8 Å². The molecule has 26 heavy (non-hydrogen) atoms. The standard InChI is InChI=1S/C20H26O6/c1-4-13(2)10-8-6-5-7-9-11-14(3)18(23)17-19(24)15(12-16(21)22)26-20(17)25/h5-6,8,10-11,13,15,23H,4,7,9,12H2,1-3H3,(H,21,22)/b6-5+,10-8+,14-11+,18-17-. The van der Waals surface area contributed by atoms with Crippen molar-refractivity contribution in [1.29, 1.82) is 0 Å². The summed E-state index contributed by atoms with van der Waals surface area (Å²) >= 11 is 0. The lowest BCUT2D eigenvalue weighted by Gasteiger charge is -2.02.